The monoisotopic (exact) mass is 337 g/mol. The summed E-state index contributed by atoms with van der Waals surface area (Å²) in [7, 11) is 0. The first kappa shape index (κ1) is 13.4. The topological polar surface area (TPSA) is 42.2 Å². The SMILES string of the molecule is O=C(NCC1(c2cccc(F)c2)CC1)c1occc1Br. The molecule has 1 amide bonds. The van der Waals surface area contributed by atoms with Gasteiger partial charge in [-0.3, -0.25) is 4.79 Å². The van der Waals surface area contributed by atoms with Crippen molar-refractivity contribution >= 4 is 21.8 Å². The van der Waals surface area contributed by atoms with Gasteiger partial charge in [0.1, 0.15) is 5.82 Å². The molecule has 1 N–H and O–H groups in total. The molecule has 1 fully saturated rings. The van der Waals surface area contributed by atoms with E-state index in [0.29, 0.717) is 11.0 Å². The second kappa shape index (κ2) is 5.05. The minimum atomic E-state index is -0.260. The molecule has 2 aromatic rings. The minimum Gasteiger partial charge on any atom is -0.458 e. The third-order valence-corrected chi connectivity index (χ3v) is 4.33. The highest BCUT2D eigenvalue weighted by atomic mass is 79.9. The third kappa shape index (κ3) is 2.50. The van der Waals surface area contributed by atoms with Crippen LogP contribution in [0.5, 0.6) is 0 Å². The molecule has 5 heteroatoms. The molecule has 0 aliphatic heterocycles. The summed E-state index contributed by atoms with van der Waals surface area (Å²) < 4.78 is 19.0. The lowest BCUT2D eigenvalue weighted by molar-refractivity contribution is 0.0921. The summed E-state index contributed by atoms with van der Waals surface area (Å²) in [5, 5.41) is 2.86. The molecule has 1 aromatic carbocycles. The molecule has 3 rings (SSSR count). The van der Waals surface area contributed by atoms with Crippen LogP contribution in [0.4, 0.5) is 4.39 Å². The fourth-order valence-electron chi connectivity index (χ4n) is 2.32. The summed E-state index contributed by atoms with van der Waals surface area (Å²) in [5.41, 5.74) is 0.813. The molecule has 1 heterocycles. The van der Waals surface area contributed by atoms with Gasteiger partial charge in [-0.1, -0.05) is 12.1 Å². The molecule has 104 valence electrons. The number of hydrogen-bond donors (Lipinski definition) is 1. The van der Waals surface area contributed by atoms with Gasteiger partial charge in [-0.05, 0) is 52.5 Å². The van der Waals surface area contributed by atoms with Crippen molar-refractivity contribution in [3.05, 3.63) is 58.2 Å². The fourth-order valence-corrected chi connectivity index (χ4v) is 2.70. The van der Waals surface area contributed by atoms with E-state index in [1.165, 1.54) is 12.3 Å². The first-order chi connectivity index (χ1) is 9.61. The van der Waals surface area contributed by atoms with E-state index in [9.17, 15) is 9.18 Å². The Hall–Kier alpha value is -1.62. The van der Waals surface area contributed by atoms with Crippen molar-refractivity contribution in [3.63, 3.8) is 0 Å². The second-order valence-corrected chi connectivity index (χ2v) is 5.93. The summed E-state index contributed by atoms with van der Waals surface area (Å²) >= 11 is 3.25. The van der Waals surface area contributed by atoms with Gasteiger partial charge in [-0.2, -0.15) is 0 Å². The summed E-state index contributed by atoms with van der Waals surface area (Å²) in [6.07, 6.45) is 3.37. The smallest absolute Gasteiger partial charge is 0.288 e. The molecule has 1 aliphatic carbocycles. The molecular weight excluding hydrogens is 325 g/mol. The van der Waals surface area contributed by atoms with E-state index in [1.54, 1.807) is 18.2 Å². The predicted octanol–water partition coefficient (Wildman–Crippen LogP) is 3.64. The number of carbonyl (C=O) groups is 1. The Morgan fingerprint density at radius 2 is 2.20 bits per heavy atom. The maximum atomic E-state index is 13.3. The maximum Gasteiger partial charge on any atom is 0.288 e. The molecule has 1 saturated carbocycles. The van der Waals surface area contributed by atoms with Gasteiger partial charge in [0.15, 0.2) is 0 Å². The Labute approximate surface area is 124 Å². The van der Waals surface area contributed by atoms with Crippen molar-refractivity contribution in [2.75, 3.05) is 6.54 Å². The Morgan fingerprint density at radius 3 is 2.80 bits per heavy atom. The van der Waals surface area contributed by atoms with Gasteiger partial charge in [0.25, 0.3) is 5.91 Å². The molecule has 0 radical (unpaired) electrons. The average molecular weight is 338 g/mol. The highest BCUT2D eigenvalue weighted by Gasteiger charge is 2.44. The predicted molar refractivity (Wildman–Crippen MR) is 76.1 cm³/mol. The molecular formula is C15H13BrFNO2. The average Bonchev–Trinajstić information content (AvgIpc) is 3.11. The molecule has 0 spiro atoms. The van der Waals surface area contributed by atoms with Crippen LogP contribution in [0, 0.1) is 5.82 Å². The lowest BCUT2D eigenvalue weighted by Gasteiger charge is -2.16. The van der Waals surface area contributed by atoms with Crippen LogP contribution < -0.4 is 5.32 Å². The van der Waals surface area contributed by atoms with Gasteiger partial charge in [-0.15, -0.1) is 0 Å². The summed E-state index contributed by atoms with van der Waals surface area (Å²) in [4.78, 5) is 12.0. The molecule has 20 heavy (non-hydrogen) atoms. The molecule has 0 bridgehead atoms. The Balaban J connectivity index is 1.69. The van der Waals surface area contributed by atoms with Gasteiger partial charge < -0.3 is 9.73 Å². The third-order valence-electron chi connectivity index (χ3n) is 3.70. The van der Waals surface area contributed by atoms with Crippen molar-refractivity contribution in [1.82, 2.24) is 5.32 Å². The Morgan fingerprint density at radius 1 is 1.40 bits per heavy atom. The number of benzene rings is 1. The van der Waals surface area contributed by atoms with Crippen molar-refractivity contribution in [3.8, 4) is 0 Å². The summed E-state index contributed by atoms with van der Waals surface area (Å²) in [6, 6.07) is 8.26. The molecule has 1 aliphatic rings. The zero-order valence-electron chi connectivity index (χ0n) is 10.7. The van der Waals surface area contributed by atoms with E-state index in [1.807, 2.05) is 6.07 Å². The first-order valence-electron chi connectivity index (χ1n) is 6.38. The van der Waals surface area contributed by atoms with Crippen molar-refractivity contribution < 1.29 is 13.6 Å². The van der Waals surface area contributed by atoms with Gasteiger partial charge >= 0.3 is 0 Å². The number of halogens is 2. The molecule has 1 aromatic heterocycles. The molecule has 3 nitrogen and oxygen atoms in total. The first-order valence-corrected chi connectivity index (χ1v) is 7.17. The lowest BCUT2D eigenvalue weighted by Crippen LogP contribution is -2.32. The highest BCUT2D eigenvalue weighted by molar-refractivity contribution is 9.10. The standard InChI is InChI=1S/C15H13BrFNO2/c16-12-4-7-20-13(12)14(19)18-9-15(5-6-15)10-2-1-3-11(17)8-10/h1-4,7-8H,5-6,9H2,(H,18,19). The van der Waals surface area contributed by atoms with Crippen LogP contribution in [-0.4, -0.2) is 12.5 Å². The zero-order valence-corrected chi connectivity index (χ0v) is 12.2. The second-order valence-electron chi connectivity index (χ2n) is 5.07. The number of hydrogen-bond acceptors (Lipinski definition) is 2. The van der Waals surface area contributed by atoms with Crippen LogP contribution in [0.3, 0.4) is 0 Å². The highest BCUT2D eigenvalue weighted by Crippen LogP contribution is 2.47. The van der Waals surface area contributed by atoms with Crippen LogP contribution in [0.25, 0.3) is 0 Å². The zero-order chi connectivity index (χ0) is 14.2. The quantitative estimate of drug-likeness (QED) is 0.925. The Kier molecular flexibility index (Phi) is 3.38. The molecule has 0 unspecified atom stereocenters. The van der Waals surface area contributed by atoms with Crippen molar-refractivity contribution in [2.45, 2.75) is 18.3 Å². The van der Waals surface area contributed by atoms with E-state index < -0.39 is 0 Å². The van der Waals surface area contributed by atoms with Crippen LogP contribution in [0.2, 0.25) is 0 Å². The van der Waals surface area contributed by atoms with Gasteiger partial charge in [0.05, 0.1) is 10.7 Å². The number of nitrogens with one attached hydrogen (secondary N) is 1. The van der Waals surface area contributed by atoms with E-state index in [-0.39, 0.29) is 22.9 Å². The summed E-state index contributed by atoms with van der Waals surface area (Å²) in [5.74, 6) is -0.238. The number of amides is 1. The number of furan rings is 1. The number of carbonyl (C=O) groups excluding carboxylic acids is 1. The molecule has 0 saturated heterocycles. The van der Waals surface area contributed by atoms with Crippen LogP contribution in [0.15, 0.2) is 45.5 Å². The fraction of sp³-hybridized carbons (Fsp3) is 0.267. The maximum absolute atomic E-state index is 13.3. The van der Waals surface area contributed by atoms with E-state index in [2.05, 4.69) is 21.2 Å². The normalized spacial score (nSPS) is 15.9. The van der Waals surface area contributed by atoms with E-state index in [4.69, 9.17) is 4.42 Å². The number of rotatable bonds is 4. The summed E-state index contributed by atoms with van der Waals surface area (Å²) in [6.45, 7) is 0.489. The van der Waals surface area contributed by atoms with E-state index >= 15 is 0 Å². The van der Waals surface area contributed by atoms with Gasteiger partial charge in [0, 0.05) is 12.0 Å². The van der Waals surface area contributed by atoms with Crippen molar-refractivity contribution in [1.29, 1.82) is 0 Å². The minimum absolute atomic E-state index is 0.128. The van der Waals surface area contributed by atoms with Gasteiger partial charge in [-0.25, -0.2) is 4.39 Å². The van der Waals surface area contributed by atoms with Gasteiger partial charge in [0.2, 0.25) is 5.76 Å². The lowest BCUT2D eigenvalue weighted by atomic mass is 9.96. The molecule has 0 atom stereocenters. The van der Waals surface area contributed by atoms with Crippen LogP contribution in [-0.2, 0) is 5.41 Å². The van der Waals surface area contributed by atoms with E-state index in [0.717, 1.165) is 18.4 Å². The Bertz CT molecular complexity index is 649. The van der Waals surface area contributed by atoms with Crippen LogP contribution in [0.1, 0.15) is 29.0 Å². The largest absolute Gasteiger partial charge is 0.458 e. The van der Waals surface area contributed by atoms with Crippen molar-refractivity contribution in [2.24, 2.45) is 0 Å². The van der Waals surface area contributed by atoms with Crippen LogP contribution >= 0.6 is 15.9 Å².